The molecule has 5 rings (SSSR count). The summed E-state index contributed by atoms with van der Waals surface area (Å²) in [6.07, 6.45) is 0.505. The van der Waals surface area contributed by atoms with Crippen molar-refractivity contribution in [1.29, 1.82) is 5.26 Å². The van der Waals surface area contributed by atoms with Crippen molar-refractivity contribution in [2.75, 3.05) is 5.32 Å². The van der Waals surface area contributed by atoms with Gasteiger partial charge in [0.25, 0.3) is 5.91 Å². The third-order valence-corrected chi connectivity index (χ3v) is 6.26. The van der Waals surface area contributed by atoms with Crippen LogP contribution in [0.1, 0.15) is 18.9 Å². The second-order valence-corrected chi connectivity index (χ2v) is 8.74. The Morgan fingerprint density at radius 1 is 1.11 bits per heavy atom. The van der Waals surface area contributed by atoms with E-state index in [-0.39, 0.29) is 29.3 Å². The van der Waals surface area contributed by atoms with Crippen molar-refractivity contribution in [1.82, 2.24) is 9.78 Å². The van der Waals surface area contributed by atoms with Gasteiger partial charge in [-0.2, -0.15) is 10.4 Å². The number of nitrogens with one attached hydrogen (secondary N) is 1. The molecule has 0 spiro atoms. The van der Waals surface area contributed by atoms with Gasteiger partial charge in [0.1, 0.15) is 17.2 Å². The van der Waals surface area contributed by atoms with Gasteiger partial charge in [0.2, 0.25) is 11.2 Å². The fraction of sp³-hybridized carbons (Fsp3) is 0.103. The molecule has 0 bridgehead atoms. The Labute approximate surface area is 222 Å². The molecular formula is C29H21ClN4O4. The summed E-state index contributed by atoms with van der Waals surface area (Å²) in [7, 11) is 0. The number of hydrogen-bond acceptors (Lipinski definition) is 6. The molecule has 2 heterocycles. The summed E-state index contributed by atoms with van der Waals surface area (Å²) in [5, 5.41) is 17.3. The monoisotopic (exact) mass is 524 g/mol. The second kappa shape index (κ2) is 10.6. The van der Waals surface area contributed by atoms with Crippen molar-refractivity contribution in [2.24, 2.45) is 0 Å². The molecule has 8 nitrogen and oxygen atoms in total. The first-order valence-electron chi connectivity index (χ1n) is 11.8. The normalized spacial score (nSPS) is 11.6. The summed E-state index contributed by atoms with van der Waals surface area (Å²) in [5.74, 6) is -0.365. The van der Waals surface area contributed by atoms with Crippen molar-refractivity contribution in [3.63, 3.8) is 0 Å². The second-order valence-electron chi connectivity index (χ2n) is 8.34. The van der Waals surface area contributed by atoms with Crippen LogP contribution in [0, 0.1) is 11.3 Å². The Balaban J connectivity index is 1.55. The van der Waals surface area contributed by atoms with Gasteiger partial charge in [-0.1, -0.05) is 61.0 Å². The average molecular weight is 525 g/mol. The Morgan fingerprint density at radius 2 is 1.82 bits per heavy atom. The third-order valence-electron chi connectivity index (χ3n) is 5.93. The number of amides is 1. The summed E-state index contributed by atoms with van der Waals surface area (Å²) in [5.41, 5.74) is 1.23. The highest BCUT2D eigenvalue weighted by molar-refractivity contribution is 6.33. The lowest BCUT2D eigenvalue weighted by Crippen LogP contribution is -2.34. The molecule has 1 amide bonds. The fourth-order valence-electron chi connectivity index (χ4n) is 4.03. The highest BCUT2D eigenvalue weighted by atomic mass is 35.5. The Bertz CT molecular complexity index is 1740. The third kappa shape index (κ3) is 4.63. The van der Waals surface area contributed by atoms with Gasteiger partial charge in [-0.05, 0) is 42.8 Å². The number of hydrogen-bond donors (Lipinski definition) is 1. The zero-order valence-electron chi connectivity index (χ0n) is 20.2. The van der Waals surface area contributed by atoms with Crippen LogP contribution < -0.4 is 15.5 Å². The first kappa shape index (κ1) is 24.8. The van der Waals surface area contributed by atoms with Gasteiger partial charge in [-0.25, -0.2) is 4.68 Å². The predicted octanol–water partition coefficient (Wildman–Crippen LogP) is 5.97. The van der Waals surface area contributed by atoms with Gasteiger partial charge in [0, 0.05) is 5.56 Å². The lowest BCUT2D eigenvalue weighted by atomic mass is 10.1. The van der Waals surface area contributed by atoms with Crippen LogP contribution in [0.3, 0.4) is 0 Å². The summed E-state index contributed by atoms with van der Waals surface area (Å²) in [4.78, 5) is 27.0. The van der Waals surface area contributed by atoms with Crippen LogP contribution in [0.15, 0.2) is 94.3 Å². The van der Waals surface area contributed by atoms with E-state index in [1.165, 1.54) is 10.9 Å². The van der Waals surface area contributed by atoms with Crippen LogP contribution in [-0.4, -0.2) is 21.8 Å². The van der Waals surface area contributed by atoms with Crippen molar-refractivity contribution < 1.29 is 13.9 Å². The molecule has 0 radical (unpaired) electrons. The maximum absolute atomic E-state index is 13.5. The summed E-state index contributed by atoms with van der Waals surface area (Å²) in [6.45, 7) is 1.75. The Morgan fingerprint density at radius 3 is 2.55 bits per heavy atom. The van der Waals surface area contributed by atoms with Crippen molar-refractivity contribution >= 4 is 34.3 Å². The molecule has 0 aliphatic heterocycles. The molecule has 0 aliphatic rings. The minimum Gasteiger partial charge on any atom is -0.473 e. The van der Waals surface area contributed by atoms with Gasteiger partial charge in [-0.15, -0.1) is 0 Å². The minimum absolute atomic E-state index is 0.123. The van der Waals surface area contributed by atoms with E-state index in [2.05, 4.69) is 10.4 Å². The van der Waals surface area contributed by atoms with E-state index in [0.29, 0.717) is 27.2 Å². The molecular weight excluding hydrogens is 504 g/mol. The minimum atomic E-state index is -1.09. The molecule has 0 saturated heterocycles. The maximum atomic E-state index is 13.5. The maximum Gasteiger partial charge on any atom is 0.266 e. The number of para-hydroxylation sites is 2. The zero-order chi connectivity index (χ0) is 26.6. The molecule has 0 aliphatic carbocycles. The molecule has 188 valence electrons. The van der Waals surface area contributed by atoms with Gasteiger partial charge in [-0.3, -0.25) is 9.59 Å². The quantitative estimate of drug-likeness (QED) is 0.281. The first-order valence-corrected chi connectivity index (χ1v) is 12.2. The van der Waals surface area contributed by atoms with E-state index < -0.39 is 17.4 Å². The van der Waals surface area contributed by atoms with E-state index in [1.807, 2.05) is 24.3 Å². The number of aromatic nitrogens is 2. The van der Waals surface area contributed by atoms with E-state index >= 15 is 0 Å². The van der Waals surface area contributed by atoms with E-state index in [1.54, 1.807) is 67.6 Å². The van der Waals surface area contributed by atoms with Crippen molar-refractivity contribution in [2.45, 2.75) is 19.4 Å². The SMILES string of the molecule is CCC(Oc1c(-c2ccccc2Cl)oc2ccccc2c1=O)C(=O)Nc1c(C#N)cnn1-c1ccccc1. The summed E-state index contributed by atoms with van der Waals surface area (Å²) < 4.78 is 13.6. The lowest BCUT2D eigenvalue weighted by Gasteiger charge is -2.19. The number of rotatable bonds is 7. The topological polar surface area (TPSA) is 110 Å². The molecule has 1 unspecified atom stereocenters. The molecule has 1 atom stereocenters. The van der Waals surface area contributed by atoms with Crippen LogP contribution >= 0.6 is 11.6 Å². The molecule has 1 N–H and O–H groups in total. The Hall–Kier alpha value is -4.87. The molecule has 38 heavy (non-hydrogen) atoms. The number of nitrogens with zero attached hydrogens (tertiary/aromatic N) is 3. The molecule has 3 aromatic carbocycles. The number of halogens is 1. The van der Waals surface area contributed by atoms with Gasteiger partial charge < -0.3 is 14.5 Å². The fourth-order valence-corrected chi connectivity index (χ4v) is 4.25. The van der Waals surface area contributed by atoms with E-state index in [0.717, 1.165) is 0 Å². The molecule has 5 aromatic rings. The van der Waals surface area contributed by atoms with Gasteiger partial charge in [0.15, 0.2) is 17.7 Å². The van der Waals surface area contributed by atoms with Crippen LogP contribution in [0.2, 0.25) is 5.02 Å². The molecule has 0 saturated carbocycles. The molecule has 2 aromatic heterocycles. The number of nitriles is 1. The van der Waals surface area contributed by atoms with Crippen molar-refractivity contribution in [3.05, 3.63) is 106 Å². The van der Waals surface area contributed by atoms with Crippen LogP contribution in [0.4, 0.5) is 5.82 Å². The number of carbonyl (C=O) groups excluding carboxylic acids is 1. The number of ether oxygens (including phenoxy) is 1. The first-order chi connectivity index (χ1) is 18.5. The Kier molecular flexibility index (Phi) is 6.94. The number of carbonyl (C=O) groups is 1. The standard InChI is InChI=1S/C29H21ClN4O4/c1-2-23(29(36)33-28-18(16-31)17-32-34(28)19-10-4-3-5-11-19)37-27-25(35)21-13-7-9-15-24(21)38-26(27)20-12-6-8-14-22(20)30/h3-15,17,23H,2H2,1H3,(H,33,36). The summed E-state index contributed by atoms with van der Waals surface area (Å²) in [6, 6.07) is 24.8. The summed E-state index contributed by atoms with van der Waals surface area (Å²) >= 11 is 6.43. The van der Waals surface area contributed by atoms with Crippen LogP contribution in [0.5, 0.6) is 5.75 Å². The predicted molar refractivity (Wildman–Crippen MR) is 145 cm³/mol. The zero-order valence-corrected chi connectivity index (χ0v) is 21.0. The smallest absolute Gasteiger partial charge is 0.266 e. The molecule has 0 fully saturated rings. The number of benzene rings is 3. The van der Waals surface area contributed by atoms with E-state index in [4.69, 9.17) is 20.8 Å². The van der Waals surface area contributed by atoms with Gasteiger partial charge >= 0.3 is 0 Å². The van der Waals surface area contributed by atoms with E-state index in [9.17, 15) is 14.9 Å². The van der Waals surface area contributed by atoms with Crippen LogP contribution in [0.25, 0.3) is 28.0 Å². The largest absolute Gasteiger partial charge is 0.473 e. The lowest BCUT2D eigenvalue weighted by molar-refractivity contribution is -0.122. The van der Waals surface area contributed by atoms with Crippen LogP contribution in [-0.2, 0) is 4.79 Å². The highest BCUT2D eigenvalue weighted by Crippen LogP contribution is 2.36. The number of anilines is 1. The van der Waals surface area contributed by atoms with Gasteiger partial charge in [0.05, 0.1) is 22.3 Å². The highest BCUT2D eigenvalue weighted by Gasteiger charge is 2.27. The molecule has 9 heteroatoms. The number of fused-ring (bicyclic) bond motifs is 1. The average Bonchev–Trinajstić information content (AvgIpc) is 3.35. The van der Waals surface area contributed by atoms with Crippen molar-refractivity contribution in [3.8, 4) is 28.8 Å².